The topological polar surface area (TPSA) is 101 Å². The highest BCUT2D eigenvalue weighted by Gasteiger charge is 2.18. The predicted octanol–water partition coefficient (Wildman–Crippen LogP) is 9.41. The first-order valence-electron chi connectivity index (χ1n) is 15.1. The molecule has 0 aliphatic carbocycles. The summed E-state index contributed by atoms with van der Waals surface area (Å²) in [6.07, 6.45) is 1.79. The van der Waals surface area contributed by atoms with Crippen molar-refractivity contribution >= 4 is 43.7 Å². The summed E-state index contributed by atoms with van der Waals surface area (Å²) in [4.78, 5) is 24.3. The minimum absolute atomic E-state index is 0.509. The predicted molar refractivity (Wildman–Crippen MR) is 184 cm³/mol. The molecule has 7 nitrogen and oxygen atoms in total. The maximum Gasteiger partial charge on any atom is 0.164 e. The number of hydrogen-bond acceptors (Lipinski definition) is 7. The van der Waals surface area contributed by atoms with E-state index in [-0.39, 0.29) is 0 Å². The molecule has 0 unspecified atom stereocenters. The van der Waals surface area contributed by atoms with Crippen LogP contribution in [0.4, 0.5) is 0 Å². The van der Waals surface area contributed by atoms with Crippen molar-refractivity contribution in [3.63, 3.8) is 0 Å². The molecule has 0 N–H and O–H groups in total. The third-order valence-corrected chi connectivity index (χ3v) is 8.40. The zero-order valence-electron chi connectivity index (χ0n) is 24.8. The SMILES string of the molecule is N#Cc1ccc(-c2nc(-c3ccc(-c4cnc5ccccc5n4)cc3)nc(-c3cccc4oc5cc6ccccc6cc5c34)n2)cc1. The van der Waals surface area contributed by atoms with Gasteiger partial charge in [-0.2, -0.15) is 5.26 Å². The number of benzene rings is 6. The third kappa shape index (κ3) is 4.64. The summed E-state index contributed by atoms with van der Waals surface area (Å²) in [7, 11) is 0. The number of rotatable bonds is 4. The van der Waals surface area contributed by atoms with Crippen LogP contribution in [0.25, 0.3) is 89.2 Å². The highest BCUT2D eigenvalue weighted by molar-refractivity contribution is 6.15. The molecular weight excluding hydrogens is 580 g/mol. The van der Waals surface area contributed by atoms with Gasteiger partial charge in [0, 0.05) is 33.0 Å². The van der Waals surface area contributed by atoms with Crippen LogP contribution in [0.1, 0.15) is 5.56 Å². The Morgan fingerprint density at radius 2 is 1.17 bits per heavy atom. The molecule has 0 saturated heterocycles. The van der Waals surface area contributed by atoms with Gasteiger partial charge in [0.25, 0.3) is 0 Å². The van der Waals surface area contributed by atoms with Crippen LogP contribution >= 0.6 is 0 Å². The standard InChI is InChI=1S/C40H22N6O/c41-22-24-12-14-26(15-13-24)38-44-39(27-18-16-25(17-19-27)34-23-42-32-9-3-4-10-33(32)43-34)46-40(45-38)30-8-5-11-35-37(30)31-20-28-6-1-2-7-29(28)21-36(31)47-35/h1-21,23H. The number of aromatic nitrogens is 5. The fourth-order valence-electron chi connectivity index (χ4n) is 6.03. The van der Waals surface area contributed by atoms with Gasteiger partial charge < -0.3 is 4.42 Å². The van der Waals surface area contributed by atoms with Gasteiger partial charge in [-0.15, -0.1) is 0 Å². The lowest BCUT2D eigenvalue weighted by Crippen LogP contribution is -2.00. The minimum atomic E-state index is 0.509. The average molecular weight is 603 g/mol. The van der Waals surface area contributed by atoms with E-state index >= 15 is 0 Å². The molecule has 6 aromatic carbocycles. The smallest absolute Gasteiger partial charge is 0.164 e. The van der Waals surface area contributed by atoms with Crippen molar-refractivity contribution in [3.8, 4) is 51.5 Å². The van der Waals surface area contributed by atoms with Crippen molar-refractivity contribution in [2.75, 3.05) is 0 Å². The van der Waals surface area contributed by atoms with Gasteiger partial charge in [-0.1, -0.05) is 72.8 Å². The van der Waals surface area contributed by atoms with Crippen LogP contribution in [0.2, 0.25) is 0 Å². The maximum atomic E-state index is 9.37. The van der Waals surface area contributed by atoms with Crippen LogP contribution in [0.3, 0.4) is 0 Å². The Balaban J connectivity index is 1.21. The first kappa shape index (κ1) is 26.6. The summed E-state index contributed by atoms with van der Waals surface area (Å²) >= 11 is 0. The summed E-state index contributed by atoms with van der Waals surface area (Å²) in [5.41, 5.74) is 8.02. The van der Waals surface area contributed by atoms with E-state index < -0.39 is 0 Å². The number of furan rings is 1. The van der Waals surface area contributed by atoms with Gasteiger partial charge in [-0.25, -0.2) is 19.9 Å². The average Bonchev–Trinajstić information content (AvgIpc) is 3.51. The fourth-order valence-corrected chi connectivity index (χ4v) is 6.03. The van der Waals surface area contributed by atoms with Crippen molar-refractivity contribution in [2.45, 2.75) is 0 Å². The quantitative estimate of drug-likeness (QED) is 0.198. The Kier molecular flexibility index (Phi) is 6.05. The van der Waals surface area contributed by atoms with Gasteiger partial charge in [0.15, 0.2) is 17.5 Å². The number of para-hydroxylation sites is 2. The van der Waals surface area contributed by atoms with E-state index in [2.05, 4.69) is 35.3 Å². The Morgan fingerprint density at radius 3 is 1.91 bits per heavy atom. The Bertz CT molecular complexity index is 2690. The van der Waals surface area contributed by atoms with Crippen molar-refractivity contribution in [1.82, 2.24) is 24.9 Å². The lowest BCUT2D eigenvalue weighted by Gasteiger charge is -2.10. The van der Waals surface area contributed by atoms with E-state index in [9.17, 15) is 5.26 Å². The molecule has 0 spiro atoms. The largest absolute Gasteiger partial charge is 0.456 e. The molecule has 0 aliphatic heterocycles. The monoisotopic (exact) mass is 602 g/mol. The lowest BCUT2D eigenvalue weighted by molar-refractivity contribution is 0.669. The van der Waals surface area contributed by atoms with E-state index in [4.69, 9.17) is 24.4 Å². The molecule has 0 radical (unpaired) electrons. The molecule has 3 aromatic heterocycles. The van der Waals surface area contributed by atoms with E-state index in [1.54, 1.807) is 18.3 Å². The molecule has 0 bridgehead atoms. The molecule has 9 rings (SSSR count). The molecule has 218 valence electrons. The molecule has 47 heavy (non-hydrogen) atoms. The summed E-state index contributed by atoms with van der Waals surface area (Å²) in [5.74, 6) is 1.57. The highest BCUT2D eigenvalue weighted by Crippen LogP contribution is 2.38. The number of nitrogens with zero attached hydrogens (tertiary/aromatic N) is 6. The molecule has 0 atom stereocenters. The molecule has 0 aliphatic rings. The van der Waals surface area contributed by atoms with E-state index in [1.165, 1.54) is 0 Å². The minimum Gasteiger partial charge on any atom is -0.456 e. The number of hydrogen-bond donors (Lipinski definition) is 0. The first-order valence-corrected chi connectivity index (χ1v) is 15.1. The molecule has 0 amide bonds. The van der Waals surface area contributed by atoms with Crippen molar-refractivity contribution in [3.05, 3.63) is 139 Å². The zero-order chi connectivity index (χ0) is 31.3. The van der Waals surface area contributed by atoms with Gasteiger partial charge in [0.1, 0.15) is 11.2 Å². The van der Waals surface area contributed by atoms with E-state index in [1.807, 2.05) is 91.0 Å². The van der Waals surface area contributed by atoms with Gasteiger partial charge in [0.2, 0.25) is 0 Å². The molecular formula is C40H22N6O. The van der Waals surface area contributed by atoms with Gasteiger partial charge in [-0.3, -0.25) is 4.98 Å². The molecule has 0 fully saturated rings. The normalized spacial score (nSPS) is 11.4. The van der Waals surface area contributed by atoms with Crippen molar-refractivity contribution < 1.29 is 4.42 Å². The number of fused-ring (bicyclic) bond motifs is 5. The third-order valence-electron chi connectivity index (χ3n) is 8.40. The van der Waals surface area contributed by atoms with Crippen molar-refractivity contribution in [1.29, 1.82) is 5.26 Å². The first-order chi connectivity index (χ1) is 23.2. The molecule has 0 saturated carbocycles. The van der Waals surface area contributed by atoms with E-state index in [0.717, 1.165) is 71.7 Å². The molecule has 3 heterocycles. The van der Waals surface area contributed by atoms with Gasteiger partial charge in [0.05, 0.1) is 34.6 Å². The summed E-state index contributed by atoms with van der Waals surface area (Å²) in [6.45, 7) is 0. The summed E-state index contributed by atoms with van der Waals surface area (Å²) in [5, 5.41) is 13.6. The second kappa shape index (κ2) is 10.7. The Labute approximate surface area is 268 Å². The Morgan fingerprint density at radius 1 is 0.532 bits per heavy atom. The van der Waals surface area contributed by atoms with Crippen LogP contribution in [-0.4, -0.2) is 24.9 Å². The molecule has 7 heteroatoms. The van der Waals surface area contributed by atoms with Gasteiger partial charge in [-0.05, 0) is 65.4 Å². The van der Waals surface area contributed by atoms with Crippen LogP contribution in [0.5, 0.6) is 0 Å². The van der Waals surface area contributed by atoms with Crippen LogP contribution < -0.4 is 0 Å². The van der Waals surface area contributed by atoms with Crippen molar-refractivity contribution in [2.24, 2.45) is 0 Å². The van der Waals surface area contributed by atoms with Crippen LogP contribution in [0, 0.1) is 11.3 Å². The van der Waals surface area contributed by atoms with Crippen LogP contribution in [0.15, 0.2) is 138 Å². The van der Waals surface area contributed by atoms with Gasteiger partial charge >= 0.3 is 0 Å². The van der Waals surface area contributed by atoms with E-state index in [0.29, 0.717) is 23.0 Å². The summed E-state index contributed by atoms with van der Waals surface area (Å²) in [6, 6.07) is 43.8. The second-order valence-electron chi connectivity index (χ2n) is 11.3. The number of nitriles is 1. The molecule has 9 aromatic rings. The lowest BCUT2D eigenvalue weighted by atomic mass is 10.0. The van der Waals surface area contributed by atoms with Crippen LogP contribution in [-0.2, 0) is 0 Å². The fraction of sp³-hybridized carbons (Fsp3) is 0. The summed E-state index contributed by atoms with van der Waals surface area (Å²) < 4.78 is 6.35. The maximum absolute atomic E-state index is 9.37. The highest BCUT2D eigenvalue weighted by atomic mass is 16.3. The second-order valence-corrected chi connectivity index (χ2v) is 11.3. The Hall–Kier alpha value is -6.78. The zero-order valence-corrected chi connectivity index (χ0v) is 24.8.